The lowest BCUT2D eigenvalue weighted by atomic mass is 10.1. The highest BCUT2D eigenvalue weighted by molar-refractivity contribution is 7.09. The van der Waals surface area contributed by atoms with Crippen LogP contribution in [0.5, 0.6) is 0 Å². The molecule has 0 aromatic heterocycles. The largest absolute Gasteiger partial charge is 0.361 e. The Hall–Kier alpha value is 0.0200. The van der Waals surface area contributed by atoms with Gasteiger partial charge in [0, 0.05) is 22.1 Å². The van der Waals surface area contributed by atoms with E-state index in [9.17, 15) is 4.39 Å². The van der Waals surface area contributed by atoms with Gasteiger partial charge in [0.15, 0.2) is 0 Å². The molecule has 1 fully saturated rings. The van der Waals surface area contributed by atoms with Gasteiger partial charge in [-0.15, -0.1) is 0 Å². The molecular formula is C9H17FNOP. The Morgan fingerprint density at radius 1 is 1.77 bits per heavy atom. The predicted molar refractivity (Wildman–Crippen MR) is 55.1 cm³/mol. The molecule has 1 rings (SSSR count). The van der Waals surface area contributed by atoms with Crippen molar-refractivity contribution in [1.29, 1.82) is 0 Å². The van der Waals surface area contributed by atoms with Crippen molar-refractivity contribution in [2.45, 2.75) is 32.4 Å². The van der Waals surface area contributed by atoms with Gasteiger partial charge >= 0.3 is 0 Å². The van der Waals surface area contributed by atoms with Gasteiger partial charge in [0.1, 0.15) is 0 Å². The van der Waals surface area contributed by atoms with Crippen molar-refractivity contribution in [3.8, 4) is 0 Å². The molecule has 1 aliphatic rings. The van der Waals surface area contributed by atoms with Crippen LogP contribution >= 0.6 is 9.47 Å². The summed E-state index contributed by atoms with van der Waals surface area (Å²) in [4.78, 5) is 2.13. The van der Waals surface area contributed by atoms with Crippen LogP contribution in [0.4, 0.5) is 4.39 Å². The highest BCUT2D eigenvalue weighted by atomic mass is 31.0. The second kappa shape index (κ2) is 4.50. The Balaban J connectivity index is 2.67. The van der Waals surface area contributed by atoms with E-state index in [0.717, 1.165) is 18.5 Å². The molecule has 13 heavy (non-hydrogen) atoms. The van der Waals surface area contributed by atoms with Crippen LogP contribution in [-0.4, -0.2) is 30.6 Å². The topological polar surface area (TPSA) is 12.5 Å². The van der Waals surface area contributed by atoms with E-state index in [-0.39, 0.29) is 11.9 Å². The zero-order valence-electron chi connectivity index (χ0n) is 8.38. The van der Waals surface area contributed by atoms with E-state index in [0.29, 0.717) is 6.04 Å². The van der Waals surface area contributed by atoms with Gasteiger partial charge in [-0.05, 0) is 32.9 Å². The first-order valence-corrected chi connectivity index (χ1v) is 4.93. The normalized spacial score (nSPS) is 30.7. The summed E-state index contributed by atoms with van der Waals surface area (Å²) in [5.74, 6) is -0.0368. The first-order chi connectivity index (χ1) is 6.06. The zero-order chi connectivity index (χ0) is 10.0. The maximum atomic E-state index is 12.9. The number of hydrogen-bond donors (Lipinski definition) is 0. The lowest BCUT2D eigenvalue weighted by Gasteiger charge is -2.23. The molecule has 76 valence electrons. The van der Waals surface area contributed by atoms with Gasteiger partial charge in [0.25, 0.3) is 0 Å². The molecule has 0 aliphatic carbocycles. The Labute approximate surface area is 81.4 Å². The van der Waals surface area contributed by atoms with Crippen molar-refractivity contribution in [3.05, 3.63) is 11.4 Å². The second-order valence-electron chi connectivity index (χ2n) is 3.66. The fourth-order valence-electron chi connectivity index (χ4n) is 1.76. The van der Waals surface area contributed by atoms with Gasteiger partial charge in [0.05, 0.1) is 11.9 Å². The number of allylic oxidation sites excluding steroid dienone is 1. The summed E-state index contributed by atoms with van der Waals surface area (Å²) < 4.78 is 18.1. The average Bonchev–Trinajstić information content (AvgIpc) is 2.46. The fourth-order valence-corrected chi connectivity index (χ4v) is 1.94. The van der Waals surface area contributed by atoms with Crippen molar-refractivity contribution in [1.82, 2.24) is 4.90 Å². The quantitative estimate of drug-likeness (QED) is 0.640. The van der Waals surface area contributed by atoms with Crippen LogP contribution in [0.3, 0.4) is 0 Å². The lowest BCUT2D eigenvalue weighted by molar-refractivity contribution is 0.141. The number of hydrogen-bond acceptors (Lipinski definition) is 2. The average molecular weight is 205 g/mol. The number of rotatable bonds is 2. The van der Waals surface area contributed by atoms with Crippen LogP contribution in [0.25, 0.3) is 0 Å². The van der Waals surface area contributed by atoms with Gasteiger partial charge < -0.3 is 4.52 Å². The van der Waals surface area contributed by atoms with E-state index in [2.05, 4.69) is 14.4 Å². The summed E-state index contributed by atoms with van der Waals surface area (Å²) >= 11 is 0. The first kappa shape index (κ1) is 11.1. The molecule has 0 aromatic carbocycles. The highest BCUT2D eigenvalue weighted by Gasteiger charge is 2.30. The van der Waals surface area contributed by atoms with Gasteiger partial charge in [-0.25, -0.2) is 4.39 Å². The van der Waals surface area contributed by atoms with Crippen molar-refractivity contribution >= 4 is 9.47 Å². The van der Waals surface area contributed by atoms with Crippen LogP contribution in [0.1, 0.15) is 20.3 Å². The van der Waals surface area contributed by atoms with E-state index >= 15 is 0 Å². The van der Waals surface area contributed by atoms with Crippen molar-refractivity contribution in [2.75, 3.05) is 13.6 Å². The molecule has 0 aromatic rings. The smallest absolute Gasteiger partial charge is 0.0974 e. The molecule has 1 saturated heterocycles. The molecule has 0 bridgehead atoms. The van der Waals surface area contributed by atoms with E-state index in [4.69, 9.17) is 4.52 Å². The molecule has 0 N–H and O–H groups in total. The van der Waals surface area contributed by atoms with Gasteiger partial charge in [-0.1, -0.05) is 0 Å². The van der Waals surface area contributed by atoms with Crippen molar-refractivity contribution < 1.29 is 8.91 Å². The van der Waals surface area contributed by atoms with Crippen LogP contribution in [-0.2, 0) is 4.52 Å². The van der Waals surface area contributed by atoms with Gasteiger partial charge in [0.2, 0.25) is 0 Å². The van der Waals surface area contributed by atoms with E-state index in [1.54, 1.807) is 0 Å². The predicted octanol–water partition coefficient (Wildman–Crippen LogP) is 2.13. The summed E-state index contributed by atoms with van der Waals surface area (Å²) in [6.07, 6.45) is 0.917. The third-order valence-electron chi connectivity index (χ3n) is 2.71. The van der Waals surface area contributed by atoms with E-state index in [1.165, 1.54) is 6.92 Å². The minimum atomic E-state index is -0.0368. The Morgan fingerprint density at radius 2 is 2.38 bits per heavy atom. The molecule has 0 amide bonds. The first-order valence-electron chi connectivity index (χ1n) is 4.46. The molecule has 2 nitrogen and oxygen atoms in total. The third-order valence-corrected chi connectivity index (χ3v) is 3.13. The second-order valence-corrected chi connectivity index (χ2v) is 3.94. The lowest BCUT2D eigenvalue weighted by Crippen LogP contribution is -2.34. The van der Waals surface area contributed by atoms with Crippen LogP contribution in [0, 0.1) is 0 Å². The Bertz CT molecular complexity index is 216. The maximum absolute atomic E-state index is 12.9. The SMILES string of the molecule is C/C(F)=C1\CC(C(C)OP)N(C)C1. The van der Waals surface area contributed by atoms with Crippen molar-refractivity contribution in [3.63, 3.8) is 0 Å². The van der Waals surface area contributed by atoms with Crippen LogP contribution in [0.15, 0.2) is 11.4 Å². The van der Waals surface area contributed by atoms with E-state index in [1.807, 2.05) is 14.0 Å². The zero-order valence-corrected chi connectivity index (χ0v) is 9.53. The molecule has 3 atom stereocenters. The standard InChI is InChI=1S/C9H17FNOP/c1-6(10)8-4-9(7(2)12-13)11(3)5-8/h7,9H,4-5,13H2,1-3H3/b8-6-. The molecule has 4 heteroatoms. The fraction of sp³-hybridized carbons (Fsp3) is 0.778. The van der Waals surface area contributed by atoms with E-state index < -0.39 is 0 Å². The van der Waals surface area contributed by atoms with Crippen LogP contribution in [0.2, 0.25) is 0 Å². The molecule has 3 unspecified atom stereocenters. The summed E-state index contributed by atoms with van der Waals surface area (Å²) in [5, 5.41) is 0. The number of likely N-dealkylation sites (tertiary alicyclic amines) is 1. The molecular weight excluding hydrogens is 188 g/mol. The monoisotopic (exact) mass is 205 g/mol. The van der Waals surface area contributed by atoms with Crippen molar-refractivity contribution in [2.24, 2.45) is 0 Å². The molecule has 1 heterocycles. The molecule has 0 radical (unpaired) electrons. The highest BCUT2D eigenvalue weighted by Crippen LogP contribution is 2.27. The summed E-state index contributed by atoms with van der Waals surface area (Å²) in [7, 11) is 4.26. The van der Waals surface area contributed by atoms with Gasteiger partial charge in [-0.2, -0.15) is 0 Å². The summed E-state index contributed by atoms with van der Waals surface area (Å²) in [5.41, 5.74) is 0.904. The third kappa shape index (κ3) is 2.49. The molecule has 1 aliphatic heterocycles. The summed E-state index contributed by atoms with van der Waals surface area (Å²) in [6, 6.07) is 0.304. The van der Waals surface area contributed by atoms with Gasteiger partial charge in [-0.3, -0.25) is 4.90 Å². The number of nitrogens with zero attached hydrogens (tertiary/aromatic N) is 1. The number of halogens is 1. The van der Waals surface area contributed by atoms with Crippen LogP contribution < -0.4 is 0 Å². The Kier molecular flexibility index (Phi) is 3.84. The minimum Gasteiger partial charge on any atom is -0.361 e. The summed E-state index contributed by atoms with van der Waals surface area (Å²) in [6.45, 7) is 4.26. The number of likely N-dealkylation sites (N-methyl/N-ethyl adjacent to an activating group) is 1. The molecule has 0 spiro atoms. The minimum absolute atomic E-state index is 0.0368. The Morgan fingerprint density at radius 3 is 2.77 bits per heavy atom. The molecule has 0 saturated carbocycles. The maximum Gasteiger partial charge on any atom is 0.0974 e.